The second-order valence-corrected chi connectivity index (χ2v) is 5.90. The number of carbonyl (C=O) groups excluding carboxylic acids is 2. The van der Waals surface area contributed by atoms with Crippen LogP contribution < -0.4 is 10.4 Å². The Kier molecular flexibility index (Phi) is 8.39. The van der Waals surface area contributed by atoms with Crippen molar-refractivity contribution in [3.8, 4) is 0 Å². The van der Waals surface area contributed by atoms with Gasteiger partial charge in [0.1, 0.15) is 6.04 Å². The Morgan fingerprint density at radius 3 is 2.26 bits per heavy atom. The van der Waals surface area contributed by atoms with Gasteiger partial charge >= 0.3 is 0 Å². The summed E-state index contributed by atoms with van der Waals surface area (Å²) in [6, 6.07) is -0.531. The van der Waals surface area contributed by atoms with Crippen molar-refractivity contribution < 1.29 is 19.2 Å². The molecular formula is C14H28N2O3. The maximum absolute atomic E-state index is 11.4. The molecule has 0 aliphatic carbocycles. The SMILES string of the molecule is CCCCCC(=O)NCCCC(C(=O)[O-])[N+](C)(C)C. The van der Waals surface area contributed by atoms with Crippen molar-refractivity contribution in [1.29, 1.82) is 0 Å². The van der Waals surface area contributed by atoms with Gasteiger partial charge in [-0.25, -0.2) is 0 Å². The summed E-state index contributed by atoms with van der Waals surface area (Å²) in [6.45, 7) is 2.64. The molecule has 0 saturated heterocycles. The molecular weight excluding hydrogens is 244 g/mol. The molecule has 0 fully saturated rings. The van der Waals surface area contributed by atoms with Gasteiger partial charge in [0, 0.05) is 19.4 Å². The minimum Gasteiger partial charge on any atom is -0.544 e. The first-order valence-corrected chi connectivity index (χ1v) is 7.07. The average Bonchev–Trinajstić information content (AvgIpc) is 2.26. The number of carboxylic acid groups (broad SMARTS) is 1. The number of quaternary nitrogens is 1. The predicted octanol–water partition coefficient (Wildman–Crippen LogP) is 0.288. The van der Waals surface area contributed by atoms with Crippen LogP contribution in [0.15, 0.2) is 0 Å². The Hall–Kier alpha value is -1.10. The highest BCUT2D eigenvalue weighted by molar-refractivity contribution is 5.75. The van der Waals surface area contributed by atoms with E-state index in [0.717, 1.165) is 19.3 Å². The maximum atomic E-state index is 11.4. The van der Waals surface area contributed by atoms with Crippen molar-refractivity contribution in [2.24, 2.45) is 0 Å². The topological polar surface area (TPSA) is 69.2 Å². The number of nitrogens with zero attached hydrogens (tertiary/aromatic N) is 1. The monoisotopic (exact) mass is 272 g/mol. The molecule has 0 rings (SSSR count). The molecule has 1 unspecified atom stereocenters. The lowest BCUT2D eigenvalue weighted by molar-refractivity contribution is -0.889. The standard InChI is InChI=1S/C14H28N2O3/c1-5-6-7-10-13(17)15-11-8-9-12(14(18)19)16(2,3)4/h12H,5-11H2,1-4H3,(H-,15,17,18,19). The van der Waals surface area contributed by atoms with Crippen LogP contribution in [-0.4, -0.2) is 50.1 Å². The molecule has 1 N–H and O–H groups in total. The first-order valence-electron chi connectivity index (χ1n) is 7.07. The molecule has 1 amide bonds. The summed E-state index contributed by atoms with van der Waals surface area (Å²) >= 11 is 0. The van der Waals surface area contributed by atoms with Crippen LogP contribution >= 0.6 is 0 Å². The number of aliphatic carboxylic acids is 1. The van der Waals surface area contributed by atoms with Gasteiger partial charge in [-0.2, -0.15) is 0 Å². The van der Waals surface area contributed by atoms with Crippen LogP contribution in [0.1, 0.15) is 45.4 Å². The van der Waals surface area contributed by atoms with Gasteiger partial charge in [0.2, 0.25) is 5.91 Å². The fraction of sp³-hybridized carbons (Fsp3) is 0.857. The van der Waals surface area contributed by atoms with Crippen molar-refractivity contribution in [2.45, 2.75) is 51.5 Å². The van der Waals surface area contributed by atoms with E-state index in [-0.39, 0.29) is 5.91 Å². The quantitative estimate of drug-likeness (QED) is 0.459. The summed E-state index contributed by atoms with van der Waals surface area (Å²) in [5, 5.41) is 13.9. The molecule has 0 bridgehead atoms. The van der Waals surface area contributed by atoms with E-state index < -0.39 is 12.0 Å². The van der Waals surface area contributed by atoms with E-state index in [1.165, 1.54) is 0 Å². The molecule has 112 valence electrons. The normalized spacial score (nSPS) is 13.1. The zero-order valence-corrected chi connectivity index (χ0v) is 12.7. The van der Waals surface area contributed by atoms with E-state index in [1.807, 2.05) is 21.1 Å². The minimum absolute atomic E-state index is 0.0590. The summed E-state index contributed by atoms with van der Waals surface area (Å²) in [5.41, 5.74) is 0. The van der Waals surface area contributed by atoms with Gasteiger partial charge in [-0.05, 0) is 12.8 Å². The summed E-state index contributed by atoms with van der Waals surface area (Å²) < 4.78 is 0.340. The first-order chi connectivity index (χ1) is 8.79. The zero-order valence-electron chi connectivity index (χ0n) is 12.7. The van der Waals surface area contributed by atoms with Gasteiger partial charge in [-0.15, -0.1) is 0 Å². The molecule has 0 aliphatic heterocycles. The third kappa shape index (κ3) is 8.59. The van der Waals surface area contributed by atoms with Gasteiger partial charge in [-0.3, -0.25) is 4.79 Å². The third-order valence-electron chi connectivity index (χ3n) is 3.19. The number of hydrogen-bond acceptors (Lipinski definition) is 3. The maximum Gasteiger partial charge on any atom is 0.219 e. The van der Waals surface area contributed by atoms with E-state index in [1.54, 1.807) is 0 Å². The smallest absolute Gasteiger partial charge is 0.219 e. The Balaban J connectivity index is 3.83. The van der Waals surface area contributed by atoms with Gasteiger partial charge < -0.3 is 19.7 Å². The van der Waals surface area contributed by atoms with Crippen molar-refractivity contribution in [1.82, 2.24) is 5.32 Å². The molecule has 0 saturated carbocycles. The van der Waals surface area contributed by atoms with Crippen LogP contribution in [-0.2, 0) is 9.59 Å². The number of carbonyl (C=O) groups is 2. The average molecular weight is 272 g/mol. The molecule has 1 atom stereocenters. The highest BCUT2D eigenvalue weighted by Crippen LogP contribution is 2.09. The van der Waals surface area contributed by atoms with E-state index in [2.05, 4.69) is 12.2 Å². The number of nitrogens with one attached hydrogen (secondary N) is 1. The number of unbranched alkanes of at least 4 members (excludes halogenated alkanes) is 2. The number of carboxylic acids is 1. The van der Waals surface area contributed by atoms with E-state index in [0.29, 0.717) is 30.3 Å². The van der Waals surface area contributed by atoms with Gasteiger partial charge in [0.15, 0.2) is 0 Å². The Labute approximate surface area is 116 Å². The summed E-state index contributed by atoms with van der Waals surface area (Å²) in [4.78, 5) is 22.5. The second-order valence-electron chi connectivity index (χ2n) is 5.90. The lowest BCUT2D eigenvalue weighted by Crippen LogP contribution is -2.54. The molecule has 0 spiro atoms. The van der Waals surface area contributed by atoms with Gasteiger partial charge in [-0.1, -0.05) is 19.8 Å². The van der Waals surface area contributed by atoms with Crippen LogP contribution in [0.3, 0.4) is 0 Å². The lowest BCUT2D eigenvalue weighted by Gasteiger charge is -2.34. The molecule has 19 heavy (non-hydrogen) atoms. The zero-order chi connectivity index (χ0) is 14.9. The van der Waals surface area contributed by atoms with Crippen molar-refractivity contribution in [3.05, 3.63) is 0 Å². The summed E-state index contributed by atoms with van der Waals surface area (Å²) in [7, 11) is 5.51. The molecule has 0 heterocycles. The molecule has 0 radical (unpaired) electrons. The van der Waals surface area contributed by atoms with E-state index in [9.17, 15) is 14.7 Å². The third-order valence-corrected chi connectivity index (χ3v) is 3.19. The first kappa shape index (κ1) is 17.9. The fourth-order valence-electron chi connectivity index (χ4n) is 1.97. The van der Waals surface area contributed by atoms with E-state index in [4.69, 9.17) is 0 Å². The van der Waals surface area contributed by atoms with Crippen molar-refractivity contribution in [2.75, 3.05) is 27.7 Å². The Morgan fingerprint density at radius 1 is 1.16 bits per heavy atom. The fourth-order valence-corrected chi connectivity index (χ4v) is 1.97. The molecule has 0 aromatic heterocycles. The highest BCUT2D eigenvalue weighted by Gasteiger charge is 2.24. The van der Waals surface area contributed by atoms with Crippen molar-refractivity contribution in [3.63, 3.8) is 0 Å². The molecule has 5 heteroatoms. The molecule has 5 nitrogen and oxygen atoms in total. The summed E-state index contributed by atoms with van der Waals surface area (Å²) in [5.74, 6) is -0.967. The molecule has 0 aromatic carbocycles. The lowest BCUT2D eigenvalue weighted by atomic mass is 10.1. The minimum atomic E-state index is -1.03. The molecule has 0 aromatic rings. The largest absolute Gasteiger partial charge is 0.544 e. The van der Waals surface area contributed by atoms with Crippen LogP contribution in [0.25, 0.3) is 0 Å². The summed E-state index contributed by atoms with van der Waals surface area (Å²) in [6.07, 6.45) is 4.83. The van der Waals surface area contributed by atoms with Gasteiger partial charge in [0.05, 0.1) is 27.1 Å². The van der Waals surface area contributed by atoms with Gasteiger partial charge in [0.25, 0.3) is 0 Å². The second kappa shape index (κ2) is 8.91. The van der Waals surface area contributed by atoms with E-state index >= 15 is 0 Å². The highest BCUT2D eigenvalue weighted by atomic mass is 16.4. The predicted molar refractivity (Wildman–Crippen MR) is 73.2 cm³/mol. The number of likely N-dealkylation sites (N-methyl/N-ethyl adjacent to an activating group) is 1. The van der Waals surface area contributed by atoms with Crippen molar-refractivity contribution >= 4 is 11.9 Å². The van der Waals surface area contributed by atoms with Crippen LogP contribution in [0, 0.1) is 0 Å². The van der Waals surface area contributed by atoms with Crippen LogP contribution in [0.2, 0.25) is 0 Å². The molecule has 0 aliphatic rings. The van der Waals surface area contributed by atoms with Crippen LogP contribution in [0.4, 0.5) is 0 Å². The Bertz CT molecular complexity index is 285. The number of hydrogen-bond donors (Lipinski definition) is 1. The Morgan fingerprint density at radius 2 is 1.79 bits per heavy atom. The number of rotatable bonds is 10. The number of amides is 1. The van der Waals surface area contributed by atoms with Crippen LogP contribution in [0.5, 0.6) is 0 Å².